The van der Waals surface area contributed by atoms with Gasteiger partial charge in [-0.15, -0.1) is 11.8 Å². The fourth-order valence-corrected chi connectivity index (χ4v) is 2.87. The molecule has 0 fully saturated rings. The number of ether oxygens (including phenoxy) is 1. The number of methoxy groups -OCH3 is 1. The van der Waals surface area contributed by atoms with E-state index in [9.17, 15) is 0 Å². The van der Waals surface area contributed by atoms with Crippen molar-refractivity contribution in [1.82, 2.24) is 25.3 Å². The molecule has 0 bridgehead atoms. The average molecular weight is 345 g/mol. The highest BCUT2D eigenvalue weighted by Crippen LogP contribution is 2.30. The van der Waals surface area contributed by atoms with E-state index in [0.717, 1.165) is 29.4 Å². The van der Waals surface area contributed by atoms with Crippen LogP contribution < -0.4 is 4.74 Å². The van der Waals surface area contributed by atoms with Crippen LogP contribution in [0.15, 0.2) is 28.8 Å². The van der Waals surface area contributed by atoms with Crippen LogP contribution in [-0.4, -0.2) is 32.4 Å². The molecule has 0 spiro atoms. The zero-order valence-corrected chi connectivity index (χ0v) is 14.6. The van der Waals surface area contributed by atoms with E-state index in [-0.39, 0.29) is 5.25 Å². The Morgan fingerprint density at radius 2 is 2.04 bits per heavy atom. The number of hydrogen-bond donors (Lipinski definition) is 1. The molecular formula is C16H19N5O2S. The summed E-state index contributed by atoms with van der Waals surface area (Å²) in [5.74, 6) is 4.38. The smallest absolute Gasteiger partial charge is 0.239 e. The zero-order valence-electron chi connectivity index (χ0n) is 13.8. The number of hydrogen-bond acceptors (Lipinski definition) is 7. The van der Waals surface area contributed by atoms with Gasteiger partial charge in [0, 0.05) is 12.0 Å². The Kier molecular flexibility index (Phi) is 5.14. The van der Waals surface area contributed by atoms with E-state index in [0.29, 0.717) is 17.5 Å². The summed E-state index contributed by atoms with van der Waals surface area (Å²) < 4.78 is 10.5. The zero-order chi connectivity index (χ0) is 16.9. The van der Waals surface area contributed by atoms with E-state index in [4.69, 9.17) is 9.26 Å². The average Bonchev–Trinajstić information content (AvgIpc) is 3.29. The molecule has 1 atom stereocenters. The minimum atomic E-state index is 0.0691. The topological polar surface area (TPSA) is 89.7 Å². The molecule has 0 amide bonds. The van der Waals surface area contributed by atoms with Gasteiger partial charge in [-0.2, -0.15) is 10.1 Å². The van der Waals surface area contributed by atoms with Gasteiger partial charge in [0.25, 0.3) is 0 Å². The van der Waals surface area contributed by atoms with Gasteiger partial charge in [-0.3, -0.25) is 5.10 Å². The number of thioether (sulfide) groups is 1. The van der Waals surface area contributed by atoms with E-state index in [1.165, 1.54) is 0 Å². The van der Waals surface area contributed by atoms with Gasteiger partial charge in [-0.05, 0) is 31.2 Å². The molecule has 2 aromatic heterocycles. The summed E-state index contributed by atoms with van der Waals surface area (Å²) in [6, 6.07) is 7.57. The van der Waals surface area contributed by atoms with Crippen molar-refractivity contribution in [3.63, 3.8) is 0 Å². The Bertz CT molecular complexity index is 784. The van der Waals surface area contributed by atoms with Crippen LogP contribution >= 0.6 is 11.8 Å². The van der Waals surface area contributed by atoms with Gasteiger partial charge in [0.2, 0.25) is 11.7 Å². The molecule has 0 saturated carbocycles. The lowest BCUT2D eigenvalue weighted by Gasteiger charge is -2.03. The Balaban J connectivity index is 1.63. The van der Waals surface area contributed by atoms with E-state index in [1.54, 1.807) is 18.9 Å². The summed E-state index contributed by atoms with van der Waals surface area (Å²) in [6.45, 7) is 4.06. The third kappa shape index (κ3) is 3.76. The molecule has 0 saturated heterocycles. The molecule has 1 N–H and O–H groups in total. The molecule has 3 aromatic rings. The third-order valence-corrected chi connectivity index (χ3v) is 4.64. The van der Waals surface area contributed by atoms with Crippen molar-refractivity contribution in [1.29, 1.82) is 0 Å². The summed E-state index contributed by atoms with van der Waals surface area (Å²) >= 11 is 1.67. The second-order valence-corrected chi connectivity index (χ2v) is 6.52. The molecule has 0 aliphatic heterocycles. The van der Waals surface area contributed by atoms with Gasteiger partial charge in [0.1, 0.15) is 17.4 Å². The SMILES string of the molecule is CCc1n[nH]c(CS[C@H](C)c2nc(-c3ccc(OC)cc3)no2)n1. The van der Waals surface area contributed by atoms with Crippen LogP contribution in [0.3, 0.4) is 0 Å². The number of rotatable bonds is 7. The number of benzene rings is 1. The normalized spacial score (nSPS) is 12.3. The van der Waals surface area contributed by atoms with Crippen molar-refractivity contribution in [2.75, 3.05) is 7.11 Å². The highest BCUT2D eigenvalue weighted by Gasteiger charge is 2.16. The first-order chi connectivity index (χ1) is 11.7. The van der Waals surface area contributed by atoms with Crippen LogP contribution in [0.1, 0.15) is 36.6 Å². The van der Waals surface area contributed by atoms with Crippen molar-refractivity contribution in [3.05, 3.63) is 41.8 Å². The van der Waals surface area contributed by atoms with E-state index >= 15 is 0 Å². The van der Waals surface area contributed by atoms with E-state index in [2.05, 4.69) is 25.3 Å². The van der Waals surface area contributed by atoms with E-state index in [1.807, 2.05) is 38.1 Å². The number of aromatic nitrogens is 5. The van der Waals surface area contributed by atoms with Crippen LogP contribution in [-0.2, 0) is 12.2 Å². The third-order valence-electron chi connectivity index (χ3n) is 3.50. The fourth-order valence-electron chi connectivity index (χ4n) is 2.09. The van der Waals surface area contributed by atoms with Gasteiger partial charge < -0.3 is 9.26 Å². The molecular weight excluding hydrogens is 326 g/mol. The van der Waals surface area contributed by atoms with Crippen LogP contribution in [0, 0.1) is 0 Å². The molecule has 7 nitrogen and oxygen atoms in total. The molecule has 0 radical (unpaired) electrons. The van der Waals surface area contributed by atoms with Crippen molar-refractivity contribution in [2.24, 2.45) is 0 Å². The van der Waals surface area contributed by atoms with Crippen molar-refractivity contribution >= 4 is 11.8 Å². The summed E-state index contributed by atoms with van der Waals surface area (Å²) in [6.07, 6.45) is 0.825. The standard InChI is InChI=1S/C16H19N5O2S/c1-4-13-17-14(20-19-13)9-24-10(2)16-18-15(21-23-16)11-5-7-12(22-3)8-6-11/h5-8,10H,4,9H2,1-3H3,(H,17,19,20)/t10-/m1/s1. The van der Waals surface area contributed by atoms with Gasteiger partial charge in [0.05, 0.1) is 18.1 Å². The Morgan fingerprint density at radius 1 is 1.25 bits per heavy atom. The molecule has 2 heterocycles. The van der Waals surface area contributed by atoms with Crippen molar-refractivity contribution in [3.8, 4) is 17.1 Å². The van der Waals surface area contributed by atoms with Gasteiger partial charge in [-0.25, -0.2) is 4.98 Å². The maximum absolute atomic E-state index is 5.39. The second-order valence-electron chi connectivity index (χ2n) is 5.19. The first kappa shape index (κ1) is 16.5. The van der Waals surface area contributed by atoms with Crippen molar-refractivity contribution in [2.45, 2.75) is 31.3 Å². The van der Waals surface area contributed by atoms with Gasteiger partial charge in [-0.1, -0.05) is 12.1 Å². The number of aromatic amines is 1. The Hall–Kier alpha value is -2.35. The minimum Gasteiger partial charge on any atom is -0.497 e. The maximum atomic E-state index is 5.39. The van der Waals surface area contributed by atoms with Gasteiger partial charge >= 0.3 is 0 Å². The van der Waals surface area contributed by atoms with E-state index < -0.39 is 0 Å². The molecule has 3 rings (SSSR count). The number of nitrogens with one attached hydrogen (secondary N) is 1. The number of H-pyrrole nitrogens is 1. The lowest BCUT2D eigenvalue weighted by Crippen LogP contribution is -1.92. The first-order valence-corrected chi connectivity index (χ1v) is 8.74. The van der Waals surface area contributed by atoms with Crippen LogP contribution in [0.25, 0.3) is 11.4 Å². The van der Waals surface area contributed by atoms with Gasteiger partial charge in [0.15, 0.2) is 0 Å². The minimum absolute atomic E-state index is 0.0691. The molecule has 8 heteroatoms. The summed E-state index contributed by atoms with van der Waals surface area (Å²) in [5, 5.41) is 11.2. The molecule has 0 aliphatic rings. The highest BCUT2D eigenvalue weighted by molar-refractivity contribution is 7.98. The predicted molar refractivity (Wildman–Crippen MR) is 91.8 cm³/mol. The lowest BCUT2D eigenvalue weighted by molar-refractivity contribution is 0.380. The second kappa shape index (κ2) is 7.48. The predicted octanol–water partition coefficient (Wildman–Crippen LogP) is 3.42. The lowest BCUT2D eigenvalue weighted by atomic mass is 10.2. The first-order valence-electron chi connectivity index (χ1n) is 7.69. The molecule has 1 aromatic carbocycles. The number of aryl methyl sites for hydroxylation is 1. The Morgan fingerprint density at radius 3 is 2.71 bits per heavy atom. The quantitative estimate of drug-likeness (QED) is 0.701. The van der Waals surface area contributed by atoms with Crippen LogP contribution in [0.4, 0.5) is 0 Å². The summed E-state index contributed by atoms with van der Waals surface area (Å²) in [4.78, 5) is 8.88. The monoisotopic (exact) mass is 345 g/mol. The molecule has 24 heavy (non-hydrogen) atoms. The molecule has 0 unspecified atom stereocenters. The largest absolute Gasteiger partial charge is 0.497 e. The molecule has 126 valence electrons. The molecule has 0 aliphatic carbocycles. The summed E-state index contributed by atoms with van der Waals surface area (Å²) in [7, 11) is 1.64. The maximum Gasteiger partial charge on any atom is 0.239 e. The highest BCUT2D eigenvalue weighted by atomic mass is 32.2. The van der Waals surface area contributed by atoms with Crippen molar-refractivity contribution < 1.29 is 9.26 Å². The van der Waals surface area contributed by atoms with Crippen LogP contribution in [0.5, 0.6) is 5.75 Å². The number of nitrogens with zero attached hydrogens (tertiary/aromatic N) is 4. The summed E-state index contributed by atoms with van der Waals surface area (Å²) in [5.41, 5.74) is 0.894. The van der Waals surface area contributed by atoms with Crippen LogP contribution in [0.2, 0.25) is 0 Å². The fraction of sp³-hybridized carbons (Fsp3) is 0.375. The Labute approximate surface area is 144 Å².